The molecule has 26 heavy (non-hydrogen) atoms. The van der Waals surface area contributed by atoms with E-state index in [9.17, 15) is 4.79 Å². The van der Waals surface area contributed by atoms with Crippen LogP contribution >= 0.6 is 0 Å². The fraction of sp³-hybridized carbons (Fsp3) is 0.263. The fourth-order valence-electron chi connectivity index (χ4n) is 2.39. The Balaban J connectivity index is 1.40. The van der Waals surface area contributed by atoms with Crippen LogP contribution in [0.1, 0.15) is 17.9 Å². The number of benzene rings is 1. The van der Waals surface area contributed by atoms with Gasteiger partial charge in [-0.05, 0) is 36.2 Å². The molecule has 0 saturated carbocycles. The minimum Gasteiger partial charge on any atom is -0.497 e. The van der Waals surface area contributed by atoms with Gasteiger partial charge in [0.1, 0.15) is 11.4 Å². The Kier molecular flexibility index (Phi) is 5.92. The predicted octanol–water partition coefficient (Wildman–Crippen LogP) is 2.43. The SMILES string of the molecule is COc1ccc(CCNC(=O)CCc2nnc(-c3ccccn3)o2)cc1. The maximum absolute atomic E-state index is 12.0. The number of aromatic nitrogens is 3. The van der Waals surface area contributed by atoms with Crippen molar-refractivity contribution in [3.8, 4) is 17.3 Å². The number of carbonyl (C=O) groups is 1. The van der Waals surface area contributed by atoms with Crippen molar-refractivity contribution >= 4 is 5.91 Å². The molecule has 0 saturated heterocycles. The number of rotatable bonds is 8. The van der Waals surface area contributed by atoms with Crippen LogP contribution in [-0.4, -0.2) is 34.7 Å². The first kappa shape index (κ1) is 17.6. The van der Waals surface area contributed by atoms with Crippen LogP contribution < -0.4 is 10.1 Å². The number of hydrogen-bond donors (Lipinski definition) is 1. The largest absolute Gasteiger partial charge is 0.497 e. The van der Waals surface area contributed by atoms with E-state index in [1.807, 2.05) is 36.4 Å². The lowest BCUT2D eigenvalue weighted by molar-refractivity contribution is -0.121. The highest BCUT2D eigenvalue weighted by Crippen LogP contribution is 2.15. The van der Waals surface area contributed by atoms with Crippen LogP contribution in [0.15, 0.2) is 53.1 Å². The molecule has 134 valence electrons. The van der Waals surface area contributed by atoms with Gasteiger partial charge in [0.25, 0.3) is 5.89 Å². The molecule has 7 heteroatoms. The number of nitrogens with one attached hydrogen (secondary N) is 1. The fourth-order valence-corrected chi connectivity index (χ4v) is 2.39. The summed E-state index contributed by atoms with van der Waals surface area (Å²) in [5, 5.41) is 10.8. The quantitative estimate of drug-likeness (QED) is 0.670. The van der Waals surface area contributed by atoms with Crippen LogP contribution in [0.2, 0.25) is 0 Å². The molecule has 0 aliphatic rings. The molecule has 3 rings (SSSR count). The van der Waals surface area contributed by atoms with E-state index in [0.29, 0.717) is 36.9 Å². The van der Waals surface area contributed by atoms with Gasteiger partial charge in [0, 0.05) is 25.6 Å². The molecule has 0 spiro atoms. The molecule has 0 aliphatic heterocycles. The van der Waals surface area contributed by atoms with E-state index in [1.165, 1.54) is 0 Å². The Hall–Kier alpha value is -3.22. The molecule has 3 aromatic rings. The Labute approximate surface area is 151 Å². The molecule has 2 heterocycles. The summed E-state index contributed by atoms with van der Waals surface area (Å²) in [6.45, 7) is 0.578. The van der Waals surface area contributed by atoms with Crippen molar-refractivity contribution in [1.29, 1.82) is 0 Å². The molecule has 0 unspecified atom stereocenters. The second-order valence-electron chi connectivity index (χ2n) is 5.66. The van der Waals surface area contributed by atoms with Crippen LogP contribution in [0.4, 0.5) is 0 Å². The summed E-state index contributed by atoms with van der Waals surface area (Å²) < 4.78 is 10.7. The Morgan fingerprint density at radius 1 is 1.12 bits per heavy atom. The number of methoxy groups -OCH3 is 1. The minimum atomic E-state index is -0.0453. The Bertz CT molecular complexity index is 832. The van der Waals surface area contributed by atoms with Crippen LogP contribution in [-0.2, 0) is 17.6 Å². The van der Waals surface area contributed by atoms with E-state index < -0.39 is 0 Å². The molecule has 7 nitrogen and oxygen atoms in total. The van der Waals surface area contributed by atoms with E-state index >= 15 is 0 Å². The Morgan fingerprint density at radius 3 is 2.69 bits per heavy atom. The van der Waals surface area contributed by atoms with Crippen molar-refractivity contribution in [3.63, 3.8) is 0 Å². The zero-order chi connectivity index (χ0) is 18.2. The summed E-state index contributed by atoms with van der Waals surface area (Å²) in [6.07, 6.45) is 3.12. The first-order valence-electron chi connectivity index (χ1n) is 8.38. The number of carbonyl (C=O) groups excluding carboxylic acids is 1. The van der Waals surface area contributed by atoms with E-state index in [-0.39, 0.29) is 5.91 Å². The monoisotopic (exact) mass is 352 g/mol. The standard InChI is InChI=1S/C19H20N4O3/c1-25-15-7-5-14(6-8-15)11-13-21-17(24)9-10-18-22-23-19(26-18)16-4-2-3-12-20-16/h2-8,12H,9-11,13H2,1H3,(H,21,24). The summed E-state index contributed by atoms with van der Waals surface area (Å²) in [5.41, 5.74) is 1.76. The molecule has 0 atom stereocenters. The highest BCUT2D eigenvalue weighted by Gasteiger charge is 2.11. The lowest BCUT2D eigenvalue weighted by atomic mass is 10.1. The van der Waals surface area contributed by atoms with Gasteiger partial charge < -0.3 is 14.5 Å². The Morgan fingerprint density at radius 2 is 1.96 bits per heavy atom. The maximum atomic E-state index is 12.0. The average molecular weight is 352 g/mol. The van der Waals surface area contributed by atoms with E-state index in [0.717, 1.165) is 17.7 Å². The molecule has 2 aromatic heterocycles. The summed E-state index contributed by atoms with van der Waals surface area (Å²) in [6, 6.07) is 13.3. The smallest absolute Gasteiger partial charge is 0.266 e. The van der Waals surface area contributed by atoms with Gasteiger partial charge in [-0.15, -0.1) is 10.2 Å². The van der Waals surface area contributed by atoms with Gasteiger partial charge in [0.2, 0.25) is 11.8 Å². The van der Waals surface area contributed by atoms with Crippen molar-refractivity contribution in [2.75, 3.05) is 13.7 Å². The first-order chi connectivity index (χ1) is 12.7. The van der Waals surface area contributed by atoms with Crippen molar-refractivity contribution in [2.45, 2.75) is 19.3 Å². The third kappa shape index (κ3) is 4.89. The second kappa shape index (κ2) is 8.75. The number of nitrogens with zero attached hydrogens (tertiary/aromatic N) is 3. The predicted molar refractivity (Wildman–Crippen MR) is 95.6 cm³/mol. The van der Waals surface area contributed by atoms with Crippen molar-refractivity contribution in [3.05, 3.63) is 60.1 Å². The van der Waals surface area contributed by atoms with Gasteiger partial charge >= 0.3 is 0 Å². The van der Waals surface area contributed by atoms with Gasteiger partial charge in [-0.3, -0.25) is 9.78 Å². The maximum Gasteiger partial charge on any atom is 0.266 e. The van der Waals surface area contributed by atoms with E-state index in [4.69, 9.17) is 9.15 Å². The third-order valence-electron chi connectivity index (χ3n) is 3.81. The van der Waals surface area contributed by atoms with Crippen molar-refractivity contribution in [2.24, 2.45) is 0 Å². The molecule has 1 N–H and O–H groups in total. The second-order valence-corrected chi connectivity index (χ2v) is 5.66. The lowest BCUT2D eigenvalue weighted by Gasteiger charge is -2.05. The molecular weight excluding hydrogens is 332 g/mol. The lowest BCUT2D eigenvalue weighted by Crippen LogP contribution is -2.25. The van der Waals surface area contributed by atoms with Crippen LogP contribution in [0.25, 0.3) is 11.6 Å². The molecule has 1 aromatic carbocycles. The number of hydrogen-bond acceptors (Lipinski definition) is 6. The average Bonchev–Trinajstić information content (AvgIpc) is 3.17. The van der Waals surface area contributed by atoms with Gasteiger partial charge in [-0.2, -0.15) is 0 Å². The van der Waals surface area contributed by atoms with Crippen LogP contribution in [0.5, 0.6) is 5.75 Å². The summed E-state index contributed by atoms with van der Waals surface area (Å²) in [4.78, 5) is 16.1. The van der Waals surface area contributed by atoms with E-state index in [2.05, 4.69) is 20.5 Å². The molecule has 0 aliphatic carbocycles. The summed E-state index contributed by atoms with van der Waals surface area (Å²) in [5.74, 6) is 1.56. The topological polar surface area (TPSA) is 90.1 Å². The minimum absolute atomic E-state index is 0.0453. The first-order valence-corrected chi connectivity index (χ1v) is 8.38. The number of amides is 1. The summed E-state index contributed by atoms with van der Waals surface area (Å²) >= 11 is 0. The number of aryl methyl sites for hydroxylation is 1. The van der Waals surface area contributed by atoms with Gasteiger partial charge in [0.15, 0.2) is 0 Å². The third-order valence-corrected chi connectivity index (χ3v) is 3.81. The molecule has 0 bridgehead atoms. The molecule has 0 radical (unpaired) electrons. The highest BCUT2D eigenvalue weighted by atomic mass is 16.5. The van der Waals surface area contributed by atoms with Crippen LogP contribution in [0.3, 0.4) is 0 Å². The number of ether oxygens (including phenoxy) is 1. The molecule has 1 amide bonds. The summed E-state index contributed by atoms with van der Waals surface area (Å²) in [7, 11) is 1.64. The number of pyridine rings is 1. The van der Waals surface area contributed by atoms with Gasteiger partial charge in [-0.1, -0.05) is 18.2 Å². The van der Waals surface area contributed by atoms with Crippen LogP contribution in [0, 0.1) is 0 Å². The van der Waals surface area contributed by atoms with Crippen molar-refractivity contribution in [1.82, 2.24) is 20.5 Å². The van der Waals surface area contributed by atoms with E-state index in [1.54, 1.807) is 19.4 Å². The molecule has 0 fully saturated rings. The molecular formula is C19H20N4O3. The zero-order valence-electron chi connectivity index (χ0n) is 14.5. The highest BCUT2D eigenvalue weighted by molar-refractivity contribution is 5.76. The van der Waals surface area contributed by atoms with Gasteiger partial charge in [0.05, 0.1) is 7.11 Å². The normalized spacial score (nSPS) is 10.5. The van der Waals surface area contributed by atoms with Gasteiger partial charge in [-0.25, -0.2) is 0 Å². The van der Waals surface area contributed by atoms with Crippen molar-refractivity contribution < 1.29 is 13.9 Å². The zero-order valence-corrected chi connectivity index (χ0v) is 14.5.